The lowest BCUT2D eigenvalue weighted by molar-refractivity contribution is -0.137. The standard InChI is InChI=1S/C14H21N3O4/c1-14(2,3)6-9(5-12(18)19)16-11-8-15-7-10(17-11)13(20)21-4/h7-9H,5-6H2,1-4H3,(H,16,17)(H,18,19). The number of nitrogens with zero attached hydrogens (tertiary/aromatic N) is 2. The van der Waals surface area contributed by atoms with E-state index in [1.807, 2.05) is 20.8 Å². The molecule has 0 aliphatic rings. The minimum Gasteiger partial charge on any atom is -0.481 e. The molecule has 0 bridgehead atoms. The zero-order chi connectivity index (χ0) is 16.0. The Hall–Kier alpha value is -2.18. The number of nitrogens with one attached hydrogen (secondary N) is 1. The molecule has 0 saturated carbocycles. The molecule has 0 radical (unpaired) electrons. The molecule has 0 aliphatic carbocycles. The van der Waals surface area contributed by atoms with Crippen LogP contribution in [0.5, 0.6) is 0 Å². The van der Waals surface area contributed by atoms with Crippen molar-refractivity contribution in [3.63, 3.8) is 0 Å². The number of carbonyl (C=O) groups is 2. The van der Waals surface area contributed by atoms with Crippen LogP contribution in [0, 0.1) is 5.41 Å². The molecule has 0 aliphatic heterocycles. The molecule has 1 unspecified atom stereocenters. The molecule has 1 rings (SSSR count). The lowest BCUT2D eigenvalue weighted by atomic mass is 9.87. The normalized spacial score (nSPS) is 12.6. The number of carboxylic acids is 1. The summed E-state index contributed by atoms with van der Waals surface area (Å²) < 4.78 is 4.58. The van der Waals surface area contributed by atoms with Gasteiger partial charge >= 0.3 is 11.9 Å². The first-order valence-electron chi connectivity index (χ1n) is 6.60. The number of methoxy groups -OCH3 is 1. The Kier molecular flexibility index (Phi) is 5.63. The highest BCUT2D eigenvalue weighted by Gasteiger charge is 2.22. The van der Waals surface area contributed by atoms with E-state index in [1.54, 1.807) is 0 Å². The fourth-order valence-electron chi connectivity index (χ4n) is 1.97. The van der Waals surface area contributed by atoms with Gasteiger partial charge in [-0.25, -0.2) is 9.78 Å². The first-order valence-corrected chi connectivity index (χ1v) is 6.60. The van der Waals surface area contributed by atoms with E-state index in [0.717, 1.165) is 0 Å². The van der Waals surface area contributed by atoms with Gasteiger partial charge in [-0.2, -0.15) is 0 Å². The molecular weight excluding hydrogens is 274 g/mol. The molecule has 2 N–H and O–H groups in total. The number of hydrogen-bond acceptors (Lipinski definition) is 6. The van der Waals surface area contributed by atoms with Crippen LogP contribution < -0.4 is 5.32 Å². The second-order valence-corrected chi connectivity index (χ2v) is 5.99. The predicted molar refractivity (Wildman–Crippen MR) is 77.1 cm³/mol. The molecule has 0 spiro atoms. The number of rotatable bonds is 6. The fraction of sp³-hybridized carbons (Fsp3) is 0.571. The lowest BCUT2D eigenvalue weighted by Crippen LogP contribution is -2.29. The van der Waals surface area contributed by atoms with Crippen molar-refractivity contribution in [2.75, 3.05) is 12.4 Å². The number of hydrogen-bond donors (Lipinski definition) is 2. The Bertz CT molecular complexity index is 511. The summed E-state index contributed by atoms with van der Waals surface area (Å²) in [4.78, 5) is 30.4. The van der Waals surface area contributed by atoms with Gasteiger partial charge in [-0.3, -0.25) is 9.78 Å². The summed E-state index contributed by atoms with van der Waals surface area (Å²) in [6.07, 6.45) is 3.35. The van der Waals surface area contributed by atoms with Gasteiger partial charge in [0.25, 0.3) is 0 Å². The fourth-order valence-corrected chi connectivity index (χ4v) is 1.97. The number of anilines is 1. The van der Waals surface area contributed by atoms with Gasteiger partial charge in [0.2, 0.25) is 0 Å². The maximum atomic E-state index is 11.4. The number of carboxylic acid groups (broad SMARTS) is 1. The summed E-state index contributed by atoms with van der Waals surface area (Å²) in [6.45, 7) is 6.08. The Balaban J connectivity index is 2.87. The van der Waals surface area contributed by atoms with E-state index in [9.17, 15) is 9.59 Å². The Morgan fingerprint density at radius 1 is 1.38 bits per heavy atom. The maximum absolute atomic E-state index is 11.4. The van der Waals surface area contributed by atoms with Gasteiger partial charge in [0.05, 0.1) is 25.9 Å². The Morgan fingerprint density at radius 2 is 2.05 bits per heavy atom. The summed E-state index contributed by atoms with van der Waals surface area (Å²) >= 11 is 0. The van der Waals surface area contributed by atoms with E-state index < -0.39 is 11.9 Å². The minimum atomic E-state index is -0.895. The van der Waals surface area contributed by atoms with Crippen LogP contribution in [0.1, 0.15) is 44.1 Å². The third-order valence-electron chi connectivity index (χ3n) is 2.66. The van der Waals surface area contributed by atoms with E-state index in [1.165, 1.54) is 19.5 Å². The molecule has 1 aromatic heterocycles. The highest BCUT2D eigenvalue weighted by Crippen LogP contribution is 2.24. The monoisotopic (exact) mass is 295 g/mol. The Morgan fingerprint density at radius 3 is 2.57 bits per heavy atom. The average Bonchev–Trinajstić information content (AvgIpc) is 2.35. The Labute approximate surface area is 123 Å². The van der Waals surface area contributed by atoms with Crippen molar-refractivity contribution in [2.45, 2.75) is 39.7 Å². The molecule has 0 saturated heterocycles. The molecule has 1 atom stereocenters. The van der Waals surface area contributed by atoms with Crippen LogP contribution in [0.15, 0.2) is 12.4 Å². The number of esters is 1. The van der Waals surface area contributed by atoms with Crippen LogP contribution in [-0.2, 0) is 9.53 Å². The van der Waals surface area contributed by atoms with Gasteiger partial charge in [-0.1, -0.05) is 20.8 Å². The van der Waals surface area contributed by atoms with Crippen molar-refractivity contribution in [3.8, 4) is 0 Å². The predicted octanol–water partition coefficient (Wildman–Crippen LogP) is 1.95. The molecule has 0 amide bonds. The summed E-state index contributed by atoms with van der Waals surface area (Å²) in [5.41, 5.74) is 0.0351. The maximum Gasteiger partial charge on any atom is 0.358 e. The number of carbonyl (C=O) groups excluding carboxylic acids is 1. The van der Waals surface area contributed by atoms with E-state index in [2.05, 4.69) is 20.0 Å². The first kappa shape index (κ1) is 16.9. The van der Waals surface area contributed by atoms with E-state index in [4.69, 9.17) is 5.11 Å². The molecule has 7 heteroatoms. The topological polar surface area (TPSA) is 101 Å². The van der Waals surface area contributed by atoms with Crippen LogP contribution in [0.2, 0.25) is 0 Å². The van der Waals surface area contributed by atoms with Crippen LogP contribution >= 0.6 is 0 Å². The number of aliphatic carboxylic acids is 1. The van der Waals surface area contributed by atoms with Crippen molar-refractivity contribution in [1.29, 1.82) is 0 Å². The van der Waals surface area contributed by atoms with Gasteiger partial charge in [-0.05, 0) is 11.8 Å². The highest BCUT2D eigenvalue weighted by atomic mass is 16.5. The first-order chi connectivity index (χ1) is 9.71. The van der Waals surface area contributed by atoms with Crippen molar-refractivity contribution >= 4 is 17.8 Å². The lowest BCUT2D eigenvalue weighted by Gasteiger charge is -2.26. The minimum absolute atomic E-state index is 0.0403. The summed E-state index contributed by atoms with van der Waals surface area (Å²) in [5, 5.41) is 12.0. The summed E-state index contributed by atoms with van der Waals surface area (Å²) in [5.74, 6) is -1.13. The number of aromatic nitrogens is 2. The third-order valence-corrected chi connectivity index (χ3v) is 2.66. The van der Waals surface area contributed by atoms with Crippen LogP contribution in [0.3, 0.4) is 0 Å². The van der Waals surface area contributed by atoms with E-state index >= 15 is 0 Å². The molecule has 1 aromatic rings. The van der Waals surface area contributed by atoms with Crippen LogP contribution in [0.25, 0.3) is 0 Å². The highest BCUT2D eigenvalue weighted by molar-refractivity contribution is 5.87. The van der Waals surface area contributed by atoms with E-state index in [0.29, 0.717) is 12.2 Å². The van der Waals surface area contributed by atoms with Crippen molar-refractivity contribution in [3.05, 3.63) is 18.1 Å². The van der Waals surface area contributed by atoms with Gasteiger partial charge < -0.3 is 15.2 Å². The average molecular weight is 295 g/mol. The van der Waals surface area contributed by atoms with Crippen molar-refractivity contribution in [1.82, 2.24) is 9.97 Å². The molecular formula is C14H21N3O4. The zero-order valence-electron chi connectivity index (χ0n) is 12.7. The van der Waals surface area contributed by atoms with E-state index in [-0.39, 0.29) is 23.6 Å². The second-order valence-electron chi connectivity index (χ2n) is 5.99. The largest absolute Gasteiger partial charge is 0.481 e. The smallest absolute Gasteiger partial charge is 0.358 e. The quantitative estimate of drug-likeness (QED) is 0.773. The molecule has 0 fully saturated rings. The van der Waals surface area contributed by atoms with Gasteiger partial charge in [0, 0.05) is 6.04 Å². The van der Waals surface area contributed by atoms with Gasteiger partial charge in [0.1, 0.15) is 5.82 Å². The summed E-state index contributed by atoms with van der Waals surface area (Å²) in [7, 11) is 1.26. The van der Waals surface area contributed by atoms with Gasteiger partial charge in [-0.15, -0.1) is 0 Å². The third kappa shape index (κ3) is 6.20. The molecule has 116 valence electrons. The van der Waals surface area contributed by atoms with Crippen LogP contribution in [0.4, 0.5) is 5.82 Å². The van der Waals surface area contributed by atoms with Crippen LogP contribution in [-0.4, -0.2) is 40.2 Å². The van der Waals surface area contributed by atoms with Crippen molar-refractivity contribution in [2.24, 2.45) is 5.41 Å². The molecule has 0 aromatic carbocycles. The second kappa shape index (κ2) is 7.01. The van der Waals surface area contributed by atoms with Gasteiger partial charge in [0.15, 0.2) is 5.69 Å². The summed E-state index contributed by atoms with van der Waals surface area (Å²) in [6, 6.07) is -0.301. The number of ether oxygens (including phenoxy) is 1. The molecule has 1 heterocycles. The SMILES string of the molecule is COC(=O)c1cncc(NC(CC(=O)O)CC(C)(C)C)n1. The molecule has 7 nitrogen and oxygen atoms in total. The molecule has 21 heavy (non-hydrogen) atoms. The zero-order valence-corrected chi connectivity index (χ0v) is 12.7. The van der Waals surface area contributed by atoms with Crippen molar-refractivity contribution < 1.29 is 19.4 Å².